The molecule has 7 aromatic carbocycles. The predicted octanol–water partition coefficient (Wildman–Crippen LogP) is 12.9. The van der Waals surface area contributed by atoms with Crippen LogP contribution >= 0.6 is 0 Å². The SMILES string of the molecule is CC1(C)c2ccccc2-c2cc(N(c3ccccc3-c3cccc4c3OC3C=CC=CC43)c3ccc4ccccc4c3-c3ccccc3)ccc21. The van der Waals surface area contributed by atoms with Crippen molar-refractivity contribution in [1.82, 2.24) is 0 Å². The summed E-state index contributed by atoms with van der Waals surface area (Å²) in [6, 6.07) is 55.6. The lowest BCUT2D eigenvalue weighted by molar-refractivity contribution is 0.270. The number of benzene rings is 7. The van der Waals surface area contributed by atoms with Gasteiger partial charge in [-0.2, -0.15) is 0 Å². The second-order valence-electron chi connectivity index (χ2n) is 14.4. The number of allylic oxidation sites excluding steroid dienone is 2. The molecule has 2 unspecified atom stereocenters. The maximum Gasteiger partial charge on any atom is 0.132 e. The summed E-state index contributed by atoms with van der Waals surface area (Å²) in [4.78, 5) is 2.49. The maximum atomic E-state index is 6.76. The Balaban J connectivity index is 1.26. The fourth-order valence-electron chi connectivity index (χ4n) is 8.78. The van der Waals surface area contributed by atoms with E-state index in [-0.39, 0.29) is 17.4 Å². The Hall–Kier alpha value is -6.12. The standard InChI is InChI=1S/C49H37NO/c1-49(2)42-24-11-8-19-36(42)41-31-34(28-29-43(41)49)50(45-30-27-32-15-6-7-18-35(32)47(45)33-16-4-3-5-17-33)44-25-12-9-20-37(44)39-22-14-23-40-38-21-10-13-26-46(38)51-48(39)40/h3-31,38,46H,1-2H3. The zero-order chi connectivity index (χ0) is 34.1. The molecular weight excluding hydrogens is 619 g/mol. The predicted molar refractivity (Wildman–Crippen MR) is 213 cm³/mol. The van der Waals surface area contributed by atoms with Crippen molar-refractivity contribution >= 4 is 27.8 Å². The lowest BCUT2D eigenvalue weighted by Gasteiger charge is -2.31. The quantitative estimate of drug-likeness (QED) is 0.183. The molecular formula is C49H37NO. The second-order valence-corrected chi connectivity index (χ2v) is 14.4. The molecule has 2 aliphatic carbocycles. The highest BCUT2D eigenvalue weighted by molar-refractivity contribution is 6.06. The summed E-state index contributed by atoms with van der Waals surface area (Å²) >= 11 is 0. The minimum atomic E-state index is -0.0764. The normalized spacial score (nSPS) is 17.4. The number of ether oxygens (including phenoxy) is 1. The van der Waals surface area contributed by atoms with Gasteiger partial charge in [0.15, 0.2) is 0 Å². The summed E-state index contributed by atoms with van der Waals surface area (Å²) in [7, 11) is 0. The summed E-state index contributed by atoms with van der Waals surface area (Å²) in [6.07, 6.45) is 8.70. The molecule has 0 spiro atoms. The molecule has 10 rings (SSSR count). The van der Waals surface area contributed by atoms with Gasteiger partial charge in [0.25, 0.3) is 0 Å². The summed E-state index contributed by atoms with van der Waals surface area (Å²) in [5.41, 5.74) is 14.5. The van der Waals surface area contributed by atoms with Crippen molar-refractivity contribution in [3.05, 3.63) is 193 Å². The molecule has 2 nitrogen and oxygen atoms in total. The molecule has 0 radical (unpaired) electrons. The first-order valence-corrected chi connectivity index (χ1v) is 17.9. The molecule has 1 heterocycles. The van der Waals surface area contributed by atoms with Gasteiger partial charge in [-0.05, 0) is 68.9 Å². The van der Waals surface area contributed by atoms with Crippen molar-refractivity contribution in [3.8, 4) is 39.1 Å². The minimum absolute atomic E-state index is 0.0136. The van der Waals surface area contributed by atoms with Gasteiger partial charge in [0.1, 0.15) is 11.9 Å². The fourth-order valence-corrected chi connectivity index (χ4v) is 8.78. The summed E-state index contributed by atoms with van der Waals surface area (Å²) in [5.74, 6) is 1.20. The highest BCUT2D eigenvalue weighted by Gasteiger charge is 2.37. The third-order valence-corrected chi connectivity index (χ3v) is 11.2. The summed E-state index contributed by atoms with van der Waals surface area (Å²) in [5, 5.41) is 2.44. The van der Waals surface area contributed by atoms with Crippen LogP contribution in [0.4, 0.5) is 17.1 Å². The number of fused-ring (bicyclic) bond motifs is 7. The van der Waals surface area contributed by atoms with Crippen molar-refractivity contribution in [2.75, 3.05) is 4.90 Å². The van der Waals surface area contributed by atoms with Crippen LogP contribution in [0, 0.1) is 0 Å². The van der Waals surface area contributed by atoms with Gasteiger partial charge in [-0.25, -0.2) is 0 Å². The van der Waals surface area contributed by atoms with Crippen molar-refractivity contribution in [1.29, 1.82) is 0 Å². The Bertz CT molecular complexity index is 2560. The third kappa shape index (κ3) is 4.56. The summed E-state index contributed by atoms with van der Waals surface area (Å²) < 4.78 is 6.76. The van der Waals surface area contributed by atoms with Gasteiger partial charge in [0.2, 0.25) is 0 Å². The van der Waals surface area contributed by atoms with E-state index in [0.717, 1.165) is 33.9 Å². The molecule has 0 amide bonds. The van der Waals surface area contributed by atoms with Crippen LogP contribution in [0.3, 0.4) is 0 Å². The number of para-hydroxylation sites is 2. The van der Waals surface area contributed by atoms with Gasteiger partial charge in [0.05, 0.1) is 11.4 Å². The molecule has 0 N–H and O–H groups in total. The van der Waals surface area contributed by atoms with Crippen LogP contribution in [0.1, 0.15) is 36.5 Å². The van der Waals surface area contributed by atoms with Gasteiger partial charge in [-0.3, -0.25) is 0 Å². The Labute approximate surface area is 299 Å². The topological polar surface area (TPSA) is 12.5 Å². The molecule has 0 aromatic heterocycles. The second kappa shape index (κ2) is 11.5. The molecule has 1 aliphatic heterocycles. The first kappa shape index (κ1) is 29.8. The molecule has 2 atom stereocenters. The van der Waals surface area contributed by atoms with Gasteiger partial charge in [-0.15, -0.1) is 0 Å². The number of hydrogen-bond donors (Lipinski definition) is 0. The number of hydrogen-bond acceptors (Lipinski definition) is 2. The first-order valence-electron chi connectivity index (χ1n) is 17.9. The van der Waals surface area contributed by atoms with Gasteiger partial charge in [0, 0.05) is 39.3 Å². The van der Waals surface area contributed by atoms with E-state index in [2.05, 4.69) is 195 Å². The molecule has 0 saturated heterocycles. The molecule has 51 heavy (non-hydrogen) atoms. The molecule has 244 valence electrons. The van der Waals surface area contributed by atoms with E-state index in [9.17, 15) is 0 Å². The Morgan fingerprint density at radius 3 is 2.18 bits per heavy atom. The highest BCUT2D eigenvalue weighted by Crippen LogP contribution is 2.54. The minimum Gasteiger partial charge on any atom is -0.484 e. The van der Waals surface area contributed by atoms with E-state index in [1.807, 2.05) is 0 Å². The molecule has 0 saturated carbocycles. The number of nitrogens with zero attached hydrogens (tertiary/aromatic N) is 1. The zero-order valence-corrected chi connectivity index (χ0v) is 28.8. The molecule has 0 fully saturated rings. The van der Waals surface area contributed by atoms with E-state index in [4.69, 9.17) is 4.74 Å². The van der Waals surface area contributed by atoms with E-state index in [0.29, 0.717) is 0 Å². The van der Waals surface area contributed by atoms with E-state index >= 15 is 0 Å². The smallest absolute Gasteiger partial charge is 0.132 e. The fraction of sp³-hybridized carbons (Fsp3) is 0.102. The van der Waals surface area contributed by atoms with Crippen molar-refractivity contribution in [2.45, 2.75) is 31.3 Å². The maximum absolute atomic E-state index is 6.76. The zero-order valence-electron chi connectivity index (χ0n) is 28.8. The average Bonchev–Trinajstić information content (AvgIpc) is 3.67. The molecule has 2 heteroatoms. The lowest BCUT2D eigenvalue weighted by Crippen LogP contribution is -2.16. The summed E-state index contributed by atoms with van der Waals surface area (Å²) in [6.45, 7) is 4.69. The van der Waals surface area contributed by atoms with Crippen LogP contribution < -0.4 is 9.64 Å². The Morgan fingerprint density at radius 1 is 0.549 bits per heavy atom. The van der Waals surface area contributed by atoms with E-state index < -0.39 is 0 Å². The largest absolute Gasteiger partial charge is 0.484 e. The average molecular weight is 656 g/mol. The van der Waals surface area contributed by atoms with E-state index in [1.54, 1.807) is 0 Å². The van der Waals surface area contributed by atoms with Gasteiger partial charge < -0.3 is 9.64 Å². The highest BCUT2D eigenvalue weighted by atomic mass is 16.5. The molecule has 3 aliphatic rings. The third-order valence-electron chi connectivity index (χ3n) is 11.2. The molecule has 0 bridgehead atoms. The van der Waals surface area contributed by atoms with Gasteiger partial charge in [-0.1, -0.05) is 159 Å². The number of anilines is 3. The lowest BCUT2D eigenvalue weighted by atomic mass is 9.82. The van der Waals surface area contributed by atoms with Crippen molar-refractivity contribution in [3.63, 3.8) is 0 Å². The van der Waals surface area contributed by atoms with E-state index in [1.165, 1.54) is 49.7 Å². The monoisotopic (exact) mass is 655 g/mol. The molecule has 7 aromatic rings. The van der Waals surface area contributed by atoms with Crippen LogP contribution in [0.15, 0.2) is 176 Å². The van der Waals surface area contributed by atoms with Crippen LogP contribution in [0.25, 0.3) is 44.2 Å². The number of rotatable bonds is 5. The van der Waals surface area contributed by atoms with Crippen LogP contribution in [0.5, 0.6) is 5.75 Å². The Morgan fingerprint density at radius 2 is 1.27 bits per heavy atom. The van der Waals surface area contributed by atoms with Crippen molar-refractivity contribution < 1.29 is 4.74 Å². The Kier molecular flexibility index (Phi) is 6.69. The van der Waals surface area contributed by atoms with Crippen LogP contribution in [0.2, 0.25) is 0 Å². The van der Waals surface area contributed by atoms with Crippen molar-refractivity contribution in [2.24, 2.45) is 0 Å². The van der Waals surface area contributed by atoms with Crippen LogP contribution in [-0.2, 0) is 5.41 Å². The van der Waals surface area contributed by atoms with Gasteiger partial charge >= 0.3 is 0 Å². The first-order chi connectivity index (χ1) is 25.1. The van der Waals surface area contributed by atoms with Crippen LogP contribution in [-0.4, -0.2) is 6.10 Å².